The second-order valence-electron chi connectivity index (χ2n) is 8.88. The molecule has 1 aromatic heterocycles. The molecule has 0 saturated carbocycles. The maximum absolute atomic E-state index is 13.1. The molecule has 0 aliphatic carbocycles. The third-order valence-electron chi connectivity index (χ3n) is 6.28. The third kappa shape index (κ3) is 6.75. The number of ether oxygens (including phenoxy) is 3. The van der Waals surface area contributed by atoms with E-state index in [2.05, 4.69) is 24.1 Å². The highest BCUT2D eigenvalue weighted by atomic mass is 32.2. The maximum atomic E-state index is 13.1. The molecule has 0 spiro atoms. The molecule has 204 valence electrons. The number of carbonyl (C=O) groups is 2. The zero-order chi connectivity index (χ0) is 27.2. The van der Waals surface area contributed by atoms with Gasteiger partial charge in [0, 0.05) is 56.9 Å². The predicted molar refractivity (Wildman–Crippen MR) is 142 cm³/mol. The van der Waals surface area contributed by atoms with Crippen molar-refractivity contribution in [3.8, 4) is 0 Å². The lowest BCUT2D eigenvalue weighted by Crippen LogP contribution is -2.36. The first-order chi connectivity index (χ1) is 17.6. The van der Waals surface area contributed by atoms with Gasteiger partial charge in [-0.05, 0) is 50.1 Å². The monoisotopic (exact) mass is 553 g/mol. The largest absolute Gasteiger partial charge is 0.465 e. The molecule has 12 heteroatoms. The number of sulfonamides is 1. The van der Waals surface area contributed by atoms with Crippen molar-refractivity contribution in [1.82, 2.24) is 9.21 Å². The van der Waals surface area contributed by atoms with Gasteiger partial charge >= 0.3 is 5.97 Å². The summed E-state index contributed by atoms with van der Waals surface area (Å²) < 4.78 is 42.6. The molecule has 0 atom stereocenters. The van der Waals surface area contributed by atoms with Crippen LogP contribution in [-0.2, 0) is 37.2 Å². The molecule has 1 amide bonds. The molecular weight excluding hydrogens is 518 g/mol. The Hall–Kier alpha value is -2.35. The predicted octanol–water partition coefficient (Wildman–Crippen LogP) is 2.84. The Kier molecular flexibility index (Phi) is 10.2. The van der Waals surface area contributed by atoms with Crippen molar-refractivity contribution < 1.29 is 32.2 Å². The fourth-order valence-corrected chi connectivity index (χ4v) is 6.78. The standard InChI is InChI=1S/C25H35N3O7S2/c1-17(2)27-11-10-20-21(16-27)36-24(22(20)25(30)35-5)26-23(29)18-6-8-19(9-7-18)37(31,32)28(12-14-33-3)13-15-34-4/h6-9,17H,10-16H2,1-5H3,(H,26,29). The Morgan fingerprint density at radius 3 is 2.24 bits per heavy atom. The van der Waals surface area contributed by atoms with Crippen LogP contribution in [0.2, 0.25) is 0 Å². The fourth-order valence-electron chi connectivity index (χ4n) is 4.11. The van der Waals surface area contributed by atoms with Crippen molar-refractivity contribution in [3.05, 3.63) is 45.8 Å². The van der Waals surface area contributed by atoms with Gasteiger partial charge < -0.3 is 19.5 Å². The number of hydrogen-bond acceptors (Lipinski definition) is 9. The van der Waals surface area contributed by atoms with E-state index in [4.69, 9.17) is 14.2 Å². The number of nitrogens with zero attached hydrogens (tertiary/aromatic N) is 2. The van der Waals surface area contributed by atoms with Crippen molar-refractivity contribution in [2.45, 2.75) is 37.8 Å². The quantitative estimate of drug-likeness (QED) is 0.399. The molecule has 10 nitrogen and oxygen atoms in total. The zero-order valence-electron chi connectivity index (χ0n) is 21.9. The topological polar surface area (TPSA) is 114 Å². The number of thiophene rings is 1. The number of amides is 1. The van der Waals surface area contributed by atoms with Crippen molar-refractivity contribution in [3.63, 3.8) is 0 Å². The van der Waals surface area contributed by atoms with Gasteiger partial charge in [-0.15, -0.1) is 11.3 Å². The number of esters is 1. The molecule has 0 radical (unpaired) electrons. The molecule has 0 fully saturated rings. The molecule has 1 N–H and O–H groups in total. The number of benzene rings is 1. The van der Waals surface area contributed by atoms with Crippen LogP contribution in [0.25, 0.3) is 0 Å². The average molecular weight is 554 g/mol. The molecular formula is C25H35N3O7S2. The molecule has 1 aromatic carbocycles. The minimum Gasteiger partial charge on any atom is -0.465 e. The van der Waals surface area contributed by atoms with E-state index in [1.807, 2.05) is 0 Å². The van der Waals surface area contributed by atoms with Crippen LogP contribution in [0.5, 0.6) is 0 Å². The first-order valence-electron chi connectivity index (χ1n) is 12.0. The van der Waals surface area contributed by atoms with Crippen molar-refractivity contribution in [1.29, 1.82) is 0 Å². The number of fused-ring (bicyclic) bond motifs is 1. The van der Waals surface area contributed by atoms with Crippen LogP contribution in [0, 0.1) is 0 Å². The Balaban J connectivity index is 1.82. The molecule has 37 heavy (non-hydrogen) atoms. The summed E-state index contributed by atoms with van der Waals surface area (Å²) in [5.41, 5.74) is 1.58. The number of anilines is 1. The van der Waals surface area contributed by atoms with E-state index >= 15 is 0 Å². The summed E-state index contributed by atoms with van der Waals surface area (Å²) in [5, 5.41) is 3.29. The summed E-state index contributed by atoms with van der Waals surface area (Å²) in [6, 6.07) is 6.08. The summed E-state index contributed by atoms with van der Waals surface area (Å²) in [5.74, 6) is -0.927. The summed E-state index contributed by atoms with van der Waals surface area (Å²) >= 11 is 1.38. The van der Waals surface area contributed by atoms with Crippen LogP contribution in [0.15, 0.2) is 29.2 Å². The number of nitrogens with one attached hydrogen (secondary N) is 1. The van der Waals surface area contributed by atoms with Crippen LogP contribution in [0.3, 0.4) is 0 Å². The number of methoxy groups -OCH3 is 3. The second-order valence-corrected chi connectivity index (χ2v) is 11.9. The van der Waals surface area contributed by atoms with Crippen LogP contribution < -0.4 is 5.32 Å². The first-order valence-corrected chi connectivity index (χ1v) is 14.3. The number of hydrogen-bond donors (Lipinski definition) is 1. The zero-order valence-corrected chi connectivity index (χ0v) is 23.5. The molecule has 3 rings (SSSR count). The van der Waals surface area contributed by atoms with Crippen molar-refractivity contribution in [2.75, 3.05) is 59.5 Å². The van der Waals surface area contributed by atoms with Crippen LogP contribution in [0.4, 0.5) is 5.00 Å². The van der Waals surface area contributed by atoms with Crippen LogP contribution in [0.1, 0.15) is 45.0 Å². The Bertz CT molecular complexity index is 1190. The second kappa shape index (κ2) is 12.9. The lowest BCUT2D eigenvalue weighted by Gasteiger charge is -2.30. The van der Waals surface area contributed by atoms with Crippen molar-refractivity contribution in [2.24, 2.45) is 0 Å². The highest BCUT2D eigenvalue weighted by Gasteiger charge is 2.30. The van der Waals surface area contributed by atoms with Gasteiger partial charge in [0.05, 0.1) is 30.8 Å². The van der Waals surface area contributed by atoms with E-state index in [9.17, 15) is 18.0 Å². The fraction of sp³-hybridized carbons (Fsp3) is 0.520. The van der Waals surface area contributed by atoms with Gasteiger partial charge in [0.2, 0.25) is 10.0 Å². The Labute approximate surface area is 222 Å². The van der Waals surface area contributed by atoms with E-state index in [0.717, 1.165) is 17.0 Å². The molecule has 1 aliphatic heterocycles. The van der Waals surface area contributed by atoms with E-state index in [1.165, 1.54) is 61.2 Å². The van der Waals surface area contributed by atoms with Gasteiger partial charge in [-0.25, -0.2) is 13.2 Å². The SMILES string of the molecule is COCCN(CCOC)S(=O)(=O)c1ccc(C(=O)Nc2sc3c(c2C(=O)OC)CCN(C(C)C)C3)cc1. The molecule has 0 unspecified atom stereocenters. The first kappa shape index (κ1) is 29.2. The van der Waals surface area contributed by atoms with E-state index in [1.54, 1.807) is 0 Å². The van der Waals surface area contributed by atoms with Gasteiger partial charge in [-0.2, -0.15) is 4.31 Å². The van der Waals surface area contributed by atoms with Gasteiger partial charge in [-0.1, -0.05) is 0 Å². The summed E-state index contributed by atoms with van der Waals surface area (Å²) in [7, 11) is 0.526. The lowest BCUT2D eigenvalue weighted by atomic mass is 10.0. The maximum Gasteiger partial charge on any atom is 0.341 e. The highest BCUT2D eigenvalue weighted by Crippen LogP contribution is 2.38. The normalized spacial score (nSPS) is 14.1. The van der Waals surface area contributed by atoms with E-state index < -0.39 is 21.9 Å². The molecule has 1 aliphatic rings. The van der Waals surface area contributed by atoms with Crippen LogP contribution >= 0.6 is 11.3 Å². The van der Waals surface area contributed by atoms with Gasteiger partial charge in [-0.3, -0.25) is 9.69 Å². The molecule has 2 heterocycles. The molecule has 0 bridgehead atoms. The molecule has 2 aromatic rings. The Morgan fingerprint density at radius 2 is 1.70 bits per heavy atom. The third-order valence-corrected chi connectivity index (χ3v) is 9.32. The van der Waals surface area contributed by atoms with Gasteiger partial charge in [0.15, 0.2) is 0 Å². The highest BCUT2D eigenvalue weighted by molar-refractivity contribution is 7.89. The van der Waals surface area contributed by atoms with E-state index in [-0.39, 0.29) is 36.8 Å². The van der Waals surface area contributed by atoms with Crippen LogP contribution in [-0.4, -0.2) is 89.7 Å². The van der Waals surface area contributed by atoms with Gasteiger partial charge in [0.25, 0.3) is 5.91 Å². The molecule has 0 saturated heterocycles. The van der Waals surface area contributed by atoms with Gasteiger partial charge in [0.1, 0.15) is 5.00 Å². The minimum atomic E-state index is -3.80. The summed E-state index contributed by atoms with van der Waals surface area (Å²) in [4.78, 5) is 29.1. The summed E-state index contributed by atoms with van der Waals surface area (Å²) in [6.45, 7) is 6.61. The minimum absolute atomic E-state index is 0.0619. The van der Waals surface area contributed by atoms with E-state index in [0.29, 0.717) is 29.6 Å². The number of carbonyl (C=O) groups excluding carboxylic acids is 2. The Morgan fingerprint density at radius 1 is 1.08 bits per heavy atom. The lowest BCUT2D eigenvalue weighted by molar-refractivity contribution is 0.0600. The smallest absolute Gasteiger partial charge is 0.341 e. The summed E-state index contributed by atoms with van der Waals surface area (Å²) in [6.07, 6.45) is 0.694. The number of rotatable bonds is 12. The van der Waals surface area contributed by atoms with Crippen molar-refractivity contribution >= 4 is 38.2 Å². The average Bonchev–Trinajstić information content (AvgIpc) is 3.25.